The van der Waals surface area contributed by atoms with Gasteiger partial charge in [0.25, 0.3) is 0 Å². The fourth-order valence-electron chi connectivity index (χ4n) is 3.04. The summed E-state index contributed by atoms with van der Waals surface area (Å²) < 4.78 is 0. The smallest absolute Gasteiger partial charge is 0.0195 e. The van der Waals surface area contributed by atoms with Gasteiger partial charge in [-0.1, -0.05) is 26.2 Å². The van der Waals surface area contributed by atoms with Crippen molar-refractivity contribution in [2.75, 3.05) is 13.1 Å². The summed E-state index contributed by atoms with van der Waals surface area (Å²) in [5.41, 5.74) is 0. The Morgan fingerprint density at radius 2 is 1.87 bits per heavy atom. The minimum atomic E-state index is 0.740. The van der Waals surface area contributed by atoms with Crippen LogP contribution in [0.3, 0.4) is 0 Å². The van der Waals surface area contributed by atoms with Crippen molar-refractivity contribution in [3.8, 4) is 0 Å². The maximum absolute atomic E-state index is 3.89. The maximum Gasteiger partial charge on any atom is 0.0195 e. The van der Waals surface area contributed by atoms with E-state index >= 15 is 0 Å². The third-order valence-electron chi connectivity index (χ3n) is 4.11. The molecule has 2 fully saturated rings. The second-order valence-electron chi connectivity index (χ2n) is 5.43. The number of hydrogen-bond acceptors (Lipinski definition) is 2. The minimum Gasteiger partial charge on any atom is -0.315 e. The third kappa shape index (κ3) is 3.46. The standard InChI is InChI=1S/C13H26N2/c1-11-6-3-2-4-8-13(11)15-12-7-5-9-14-10-12/h11-15H,2-10H2,1H3. The normalized spacial score (nSPS) is 38.6. The van der Waals surface area contributed by atoms with Crippen LogP contribution in [0.4, 0.5) is 0 Å². The van der Waals surface area contributed by atoms with Crippen molar-refractivity contribution in [2.24, 2.45) is 5.92 Å². The molecule has 1 aliphatic heterocycles. The van der Waals surface area contributed by atoms with Crippen molar-refractivity contribution in [2.45, 2.75) is 64.0 Å². The second-order valence-corrected chi connectivity index (χ2v) is 5.43. The first-order valence-corrected chi connectivity index (χ1v) is 6.83. The molecular formula is C13H26N2. The molecule has 3 atom stereocenters. The van der Waals surface area contributed by atoms with Crippen molar-refractivity contribution in [1.29, 1.82) is 0 Å². The highest BCUT2D eigenvalue weighted by molar-refractivity contribution is 4.83. The molecule has 0 radical (unpaired) electrons. The van der Waals surface area contributed by atoms with Gasteiger partial charge in [0.05, 0.1) is 0 Å². The monoisotopic (exact) mass is 210 g/mol. The van der Waals surface area contributed by atoms with Gasteiger partial charge in [-0.05, 0) is 38.1 Å². The largest absolute Gasteiger partial charge is 0.315 e. The molecule has 2 N–H and O–H groups in total. The predicted molar refractivity (Wildman–Crippen MR) is 65.1 cm³/mol. The van der Waals surface area contributed by atoms with Crippen LogP contribution in [0.2, 0.25) is 0 Å². The van der Waals surface area contributed by atoms with Crippen LogP contribution < -0.4 is 10.6 Å². The summed E-state index contributed by atoms with van der Waals surface area (Å²) in [7, 11) is 0. The van der Waals surface area contributed by atoms with E-state index in [-0.39, 0.29) is 0 Å². The van der Waals surface area contributed by atoms with Gasteiger partial charge < -0.3 is 10.6 Å². The van der Waals surface area contributed by atoms with E-state index < -0.39 is 0 Å². The lowest BCUT2D eigenvalue weighted by Crippen LogP contribution is -2.49. The Morgan fingerprint density at radius 1 is 1.00 bits per heavy atom. The average Bonchev–Trinajstić information content (AvgIpc) is 2.46. The van der Waals surface area contributed by atoms with Crippen LogP contribution in [0, 0.1) is 5.92 Å². The highest BCUT2D eigenvalue weighted by atomic mass is 15.0. The van der Waals surface area contributed by atoms with E-state index in [1.165, 1.54) is 58.0 Å². The first-order valence-electron chi connectivity index (χ1n) is 6.83. The molecule has 2 rings (SSSR count). The molecule has 0 amide bonds. The van der Waals surface area contributed by atoms with Crippen molar-refractivity contribution >= 4 is 0 Å². The maximum atomic E-state index is 3.89. The summed E-state index contributed by atoms with van der Waals surface area (Å²) in [6.45, 7) is 4.83. The zero-order valence-electron chi connectivity index (χ0n) is 10.1. The Bertz CT molecular complexity index is 175. The van der Waals surface area contributed by atoms with Gasteiger partial charge in [-0.25, -0.2) is 0 Å². The molecule has 88 valence electrons. The van der Waals surface area contributed by atoms with Crippen LogP contribution in [0.5, 0.6) is 0 Å². The molecule has 15 heavy (non-hydrogen) atoms. The van der Waals surface area contributed by atoms with E-state index in [1.807, 2.05) is 0 Å². The fraction of sp³-hybridized carbons (Fsp3) is 1.00. The molecule has 0 bridgehead atoms. The minimum absolute atomic E-state index is 0.740. The lowest BCUT2D eigenvalue weighted by atomic mass is 9.95. The predicted octanol–water partition coefficient (Wildman–Crippen LogP) is 2.30. The van der Waals surface area contributed by atoms with Gasteiger partial charge in [-0.15, -0.1) is 0 Å². The molecule has 0 aromatic heterocycles. The number of rotatable bonds is 2. The molecule has 0 spiro atoms. The van der Waals surface area contributed by atoms with Gasteiger partial charge in [0, 0.05) is 18.6 Å². The van der Waals surface area contributed by atoms with Crippen LogP contribution in [-0.2, 0) is 0 Å². The molecule has 2 nitrogen and oxygen atoms in total. The fourth-order valence-corrected chi connectivity index (χ4v) is 3.04. The summed E-state index contributed by atoms with van der Waals surface area (Å²) in [5.74, 6) is 0.884. The van der Waals surface area contributed by atoms with Crippen molar-refractivity contribution in [3.05, 3.63) is 0 Å². The summed E-state index contributed by atoms with van der Waals surface area (Å²) in [6, 6.07) is 1.53. The van der Waals surface area contributed by atoms with Crippen molar-refractivity contribution < 1.29 is 0 Å². The van der Waals surface area contributed by atoms with Crippen molar-refractivity contribution in [3.63, 3.8) is 0 Å². The highest BCUT2D eigenvalue weighted by Crippen LogP contribution is 2.23. The van der Waals surface area contributed by atoms with E-state index in [0.717, 1.165) is 18.0 Å². The summed E-state index contributed by atoms with van der Waals surface area (Å²) >= 11 is 0. The van der Waals surface area contributed by atoms with Gasteiger partial charge >= 0.3 is 0 Å². The Balaban J connectivity index is 1.79. The Kier molecular flexibility index (Phi) is 4.45. The summed E-state index contributed by atoms with van der Waals surface area (Å²) in [6.07, 6.45) is 9.88. The lowest BCUT2D eigenvalue weighted by molar-refractivity contribution is 0.287. The van der Waals surface area contributed by atoms with Crippen LogP contribution in [-0.4, -0.2) is 25.2 Å². The van der Waals surface area contributed by atoms with Gasteiger partial charge in [0.1, 0.15) is 0 Å². The lowest BCUT2D eigenvalue weighted by Gasteiger charge is -2.31. The highest BCUT2D eigenvalue weighted by Gasteiger charge is 2.23. The topological polar surface area (TPSA) is 24.1 Å². The second kappa shape index (κ2) is 5.86. The van der Waals surface area contributed by atoms with E-state index in [4.69, 9.17) is 0 Å². The Morgan fingerprint density at radius 3 is 2.67 bits per heavy atom. The van der Waals surface area contributed by atoms with Gasteiger partial charge in [-0.3, -0.25) is 0 Å². The van der Waals surface area contributed by atoms with Crippen LogP contribution in [0.1, 0.15) is 51.9 Å². The molecule has 0 aromatic rings. The first kappa shape index (κ1) is 11.4. The van der Waals surface area contributed by atoms with Crippen molar-refractivity contribution in [1.82, 2.24) is 10.6 Å². The van der Waals surface area contributed by atoms with Gasteiger partial charge in [0.15, 0.2) is 0 Å². The van der Waals surface area contributed by atoms with Crippen LogP contribution in [0.15, 0.2) is 0 Å². The summed E-state index contributed by atoms with van der Waals surface area (Å²) in [5, 5.41) is 7.38. The molecule has 1 saturated carbocycles. The van der Waals surface area contributed by atoms with E-state index in [1.54, 1.807) is 0 Å². The van der Waals surface area contributed by atoms with Gasteiger partial charge in [0.2, 0.25) is 0 Å². The quantitative estimate of drug-likeness (QED) is 0.683. The molecule has 1 aliphatic carbocycles. The molecule has 3 unspecified atom stereocenters. The Labute approximate surface area is 94.2 Å². The number of piperidine rings is 1. The van der Waals surface area contributed by atoms with E-state index in [2.05, 4.69) is 17.6 Å². The number of nitrogens with one attached hydrogen (secondary N) is 2. The van der Waals surface area contributed by atoms with Gasteiger partial charge in [-0.2, -0.15) is 0 Å². The molecule has 1 heterocycles. The van der Waals surface area contributed by atoms with E-state index in [9.17, 15) is 0 Å². The molecule has 0 aromatic carbocycles. The zero-order valence-corrected chi connectivity index (χ0v) is 10.1. The van der Waals surface area contributed by atoms with Crippen LogP contribution >= 0.6 is 0 Å². The third-order valence-corrected chi connectivity index (χ3v) is 4.11. The van der Waals surface area contributed by atoms with Crippen LogP contribution in [0.25, 0.3) is 0 Å². The molecule has 1 saturated heterocycles. The average molecular weight is 210 g/mol. The summed E-state index contributed by atoms with van der Waals surface area (Å²) in [4.78, 5) is 0. The molecule has 2 heteroatoms. The SMILES string of the molecule is CC1CCCCCC1NC1CCCNC1. The molecular weight excluding hydrogens is 184 g/mol. The first-order chi connectivity index (χ1) is 7.36. The molecule has 2 aliphatic rings. The van der Waals surface area contributed by atoms with E-state index in [0.29, 0.717) is 0 Å². The Hall–Kier alpha value is -0.0800. The zero-order chi connectivity index (χ0) is 10.5. The number of hydrogen-bond donors (Lipinski definition) is 2.